The van der Waals surface area contributed by atoms with Crippen molar-refractivity contribution in [2.45, 2.75) is 24.3 Å². The molecule has 0 saturated carbocycles. The molecule has 0 spiro atoms. The van der Waals surface area contributed by atoms with E-state index in [2.05, 4.69) is 9.71 Å². The van der Waals surface area contributed by atoms with Gasteiger partial charge in [0, 0.05) is 36.7 Å². The number of nitrogens with zero attached hydrogens (tertiary/aromatic N) is 2. The fourth-order valence-corrected chi connectivity index (χ4v) is 4.53. The molecule has 0 atom stereocenters. The van der Waals surface area contributed by atoms with Crippen molar-refractivity contribution in [1.29, 1.82) is 0 Å². The number of anilines is 1. The van der Waals surface area contributed by atoms with Crippen LogP contribution in [0.4, 0.5) is 10.1 Å². The van der Waals surface area contributed by atoms with E-state index in [9.17, 15) is 17.6 Å². The maximum absolute atomic E-state index is 13.2. The van der Waals surface area contributed by atoms with Gasteiger partial charge in [0.15, 0.2) is 0 Å². The summed E-state index contributed by atoms with van der Waals surface area (Å²) in [6.07, 6.45) is 4.62. The number of carbonyl (C=O) groups is 1. The van der Waals surface area contributed by atoms with E-state index in [4.69, 9.17) is 0 Å². The third kappa shape index (κ3) is 4.24. The Labute approximate surface area is 174 Å². The van der Waals surface area contributed by atoms with Crippen LogP contribution >= 0.6 is 0 Å². The quantitative estimate of drug-likeness (QED) is 0.680. The summed E-state index contributed by atoms with van der Waals surface area (Å²) < 4.78 is 41.2. The molecule has 0 bridgehead atoms. The number of amides is 1. The lowest BCUT2D eigenvalue weighted by molar-refractivity contribution is 0.0985. The zero-order valence-electron chi connectivity index (χ0n) is 16.1. The number of benzene rings is 2. The van der Waals surface area contributed by atoms with Crippen LogP contribution in [0.2, 0.25) is 0 Å². The van der Waals surface area contributed by atoms with Crippen molar-refractivity contribution < 1.29 is 17.6 Å². The summed E-state index contributed by atoms with van der Waals surface area (Å²) in [5, 5.41) is 0. The van der Waals surface area contributed by atoms with Crippen molar-refractivity contribution >= 4 is 21.6 Å². The second-order valence-corrected chi connectivity index (χ2v) is 8.81. The van der Waals surface area contributed by atoms with Crippen molar-refractivity contribution in [3.8, 4) is 0 Å². The van der Waals surface area contributed by atoms with Crippen LogP contribution < -0.4 is 9.62 Å². The maximum Gasteiger partial charge on any atom is 0.258 e. The van der Waals surface area contributed by atoms with Gasteiger partial charge in [0.25, 0.3) is 5.91 Å². The first-order chi connectivity index (χ1) is 14.4. The van der Waals surface area contributed by atoms with Crippen molar-refractivity contribution in [2.75, 3.05) is 11.4 Å². The minimum Gasteiger partial charge on any atom is -0.308 e. The van der Waals surface area contributed by atoms with Gasteiger partial charge >= 0.3 is 0 Å². The molecule has 0 radical (unpaired) electrons. The number of sulfonamides is 1. The molecule has 2 heterocycles. The highest BCUT2D eigenvalue weighted by Crippen LogP contribution is 2.30. The SMILES string of the molecule is O=C(c1ccc(F)cc1)N1CCCc2cc(S(=O)(=O)NCc3cccnc3)ccc21. The lowest BCUT2D eigenvalue weighted by atomic mass is 10.0. The van der Waals surface area contributed by atoms with Crippen molar-refractivity contribution in [3.05, 3.63) is 89.5 Å². The number of hydrogen-bond acceptors (Lipinski definition) is 4. The van der Waals surface area contributed by atoms with E-state index in [1.165, 1.54) is 30.3 Å². The molecule has 1 aliphatic heterocycles. The smallest absolute Gasteiger partial charge is 0.258 e. The Morgan fingerprint density at radius 3 is 2.67 bits per heavy atom. The van der Waals surface area contributed by atoms with Gasteiger partial charge in [0.1, 0.15) is 5.82 Å². The molecule has 6 nitrogen and oxygen atoms in total. The summed E-state index contributed by atoms with van der Waals surface area (Å²) in [5.41, 5.74) is 2.62. The van der Waals surface area contributed by atoms with Gasteiger partial charge in [-0.1, -0.05) is 6.07 Å². The number of aromatic nitrogens is 1. The van der Waals surface area contributed by atoms with Crippen LogP contribution in [0.5, 0.6) is 0 Å². The van der Waals surface area contributed by atoms with Gasteiger partial charge < -0.3 is 4.90 Å². The first-order valence-corrected chi connectivity index (χ1v) is 11.0. The summed E-state index contributed by atoms with van der Waals surface area (Å²) in [7, 11) is -3.71. The van der Waals surface area contributed by atoms with Gasteiger partial charge in [-0.3, -0.25) is 9.78 Å². The maximum atomic E-state index is 13.2. The summed E-state index contributed by atoms with van der Waals surface area (Å²) >= 11 is 0. The largest absolute Gasteiger partial charge is 0.308 e. The Balaban J connectivity index is 1.57. The molecule has 0 aliphatic carbocycles. The fraction of sp³-hybridized carbons (Fsp3) is 0.182. The Morgan fingerprint density at radius 2 is 1.93 bits per heavy atom. The van der Waals surface area contributed by atoms with Gasteiger partial charge in [0.2, 0.25) is 10.0 Å². The highest BCUT2D eigenvalue weighted by atomic mass is 32.2. The first kappa shape index (κ1) is 20.2. The van der Waals surface area contributed by atoms with E-state index in [1.54, 1.807) is 41.6 Å². The van der Waals surface area contributed by atoms with E-state index in [0.29, 0.717) is 30.6 Å². The van der Waals surface area contributed by atoms with E-state index < -0.39 is 15.8 Å². The molecule has 2 aromatic carbocycles. The topological polar surface area (TPSA) is 79.4 Å². The van der Waals surface area contributed by atoms with Gasteiger partial charge in [-0.15, -0.1) is 0 Å². The number of nitrogens with one attached hydrogen (secondary N) is 1. The van der Waals surface area contributed by atoms with Gasteiger partial charge in [-0.25, -0.2) is 17.5 Å². The average Bonchev–Trinajstić information content (AvgIpc) is 2.78. The van der Waals surface area contributed by atoms with Crippen molar-refractivity contribution in [3.63, 3.8) is 0 Å². The molecule has 4 rings (SSSR count). The van der Waals surface area contributed by atoms with Crippen LogP contribution in [0.25, 0.3) is 0 Å². The average molecular weight is 425 g/mol. The van der Waals surface area contributed by atoms with E-state index in [-0.39, 0.29) is 17.3 Å². The zero-order chi connectivity index (χ0) is 21.1. The third-order valence-electron chi connectivity index (χ3n) is 5.01. The minimum atomic E-state index is -3.71. The molecule has 30 heavy (non-hydrogen) atoms. The van der Waals surface area contributed by atoms with E-state index in [0.717, 1.165) is 11.1 Å². The molecular weight excluding hydrogens is 405 g/mol. The molecular formula is C22H20FN3O3S. The van der Waals surface area contributed by atoms with Crippen LogP contribution in [0.15, 0.2) is 71.9 Å². The van der Waals surface area contributed by atoms with Crippen LogP contribution in [-0.2, 0) is 23.0 Å². The molecule has 3 aromatic rings. The molecule has 154 valence electrons. The number of halogens is 1. The summed E-state index contributed by atoms with van der Waals surface area (Å²) in [5.74, 6) is -0.638. The molecule has 1 amide bonds. The summed E-state index contributed by atoms with van der Waals surface area (Å²) in [6, 6.07) is 13.7. The Morgan fingerprint density at radius 1 is 1.13 bits per heavy atom. The van der Waals surface area contributed by atoms with Crippen LogP contribution in [0, 0.1) is 5.82 Å². The Kier molecular flexibility index (Phi) is 5.61. The molecule has 0 fully saturated rings. The van der Waals surface area contributed by atoms with Gasteiger partial charge in [-0.05, 0) is 72.5 Å². The van der Waals surface area contributed by atoms with Gasteiger partial charge in [0.05, 0.1) is 4.90 Å². The van der Waals surface area contributed by atoms with E-state index >= 15 is 0 Å². The molecule has 1 aromatic heterocycles. The lowest BCUT2D eigenvalue weighted by Gasteiger charge is -2.30. The molecule has 8 heteroatoms. The summed E-state index contributed by atoms with van der Waals surface area (Å²) in [4.78, 5) is 18.6. The van der Waals surface area contributed by atoms with E-state index in [1.807, 2.05) is 0 Å². The van der Waals surface area contributed by atoms with Gasteiger partial charge in [-0.2, -0.15) is 0 Å². The first-order valence-electron chi connectivity index (χ1n) is 9.53. The van der Waals surface area contributed by atoms with Crippen molar-refractivity contribution in [2.24, 2.45) is 0 Å². The number of pyridine rings is 1. The number of fused-ring (bicyclic) bond motifs is 1. The highest BCUT2D eigenvalue weighted by molar-refractivity contribution is 7.89. The minimum absolute atomic E-state index is 0.141. The second-order valence-electron chi connectivity index (χ2n) is 7.04. The molecule has 0 unspecified atom stereocenters. The lowest BCUT2D eigenvalue weighted by Crippen LogP contribution is -2.35. The molecule has 0 saturated heterocycles. The Bertz CT molecular complexity index is 1170. The second kappa shape index (κ2) is 8.33. The summed E-state index contributed by atoms with van der Waals surface area (Å²) in [6.45, 7) is 0.664. The zero-order valence-corrected chi connectivity index (χ0v) is 16.9. The highest BCUT2D eigenvalue weighted by Gasteiger charge is 2.25. The van der Waals surface area contributed by atoms with Crippen molar-refractivity contribution in [1.82, 2.24) is 9.71 Å². The Hall–Kier alpha value is -3.10. The monoisotopic (exact) mass is 425 g/mol. The predicted molar refractivity (Wildman–Crippen MR) is 111 cm³/mol. The van der Waals surface area contributed by atoms with Crippen LogP contribution in [-0.4, -0.2) is 25.9 Å². The third-order valence-corrected chi connectivity index (χ3v) is 6.40. The fourth-order valence-electron chi connectivity index (χ4n) is 3.46. The predicted octanol–water partition coefficient (Wildman–Crippen LogP) is 3.29. The number of hydrogen-bond donors (Lipinski definition) is 1. The molecule has 1 N–H and O–H groups in total. The molecule has 1 aliphatic rings. The van der Waals surface area contributed by atoms with Crippen LogP contribution in [0.1, 0.15) is 27.9 Å². The van der Waals surface area contributed by atoms with Crippen LogP contribution in [0.3, 0.4) is 0 Å². The number of rotatable bonds is 5. The number of carbonyl (C=O) groups excluding carboxylic acids is 1. The number of aryl methyl sites for hydroxylation is 1. The standard InChI is InChI=1S/C22H20FN3O3S/c23-19-7-5-17(6-8-19)22(27)26-12-2-4-18-13-20(9-10-21(18)26)30(28,29)25-15-16-3-1-11-24-14-16/h1,3,5-11,13-14,25H,2,4,12,15H2. The normalized spacial score (nSPS) is 13.7.